The second kappa shape index (κ2) is 6.21. The van der Waals surface area contributed by atoms with Gasteiger partial charge in [-0.05, 0) is 37.2 Å². The highest BCUT2D eigenvalue weighted by atomic mass is 32.1. The smallest absolute Gasteiger partial charge is 0.242 e. The molecule has 1 aromatic rings. The van der Waals surface area contributed by atoms with E-state index in [1.54, 1.807) is 6.08 Å². The van der Waals surface area contributed by atoms with Gasteiger partial charge in [0.05, 0.1) is 11.6 Å². The Labute approximate surface area is 123 Å². The fourth-order valence-corrected chi connectivity index (χ4v) is 3.81. The number of carbonyl (C=O) groups excluding carboxylic acids is 1. The molecule has 0 bridgehead atoms. The number of amides is 1. The molecule has 20 heavy (non-hydrogen) atoms. The minimum Gasteiger partial charge on any atom is -0.320 e. The van der Waals surface area contributed by atoms with E-state index in [1.807, 2.05) is 0 Å². The van der Waals surface area contributed by atoms with E-state index in [2.05, 4.69) is 24.9 Å². The topological polar surface area (TPSA) is 78.9 Å². The number of hydrogen-bond donors (Lipinski definition) is 2. The second-order valence-corrected chi connectivity index (χ2v) is 6.39. The highest BCUT2D eigenvalue weighted by molar-refractivity contribution is 7.16. The van der Waals surface area contributed by atoms with E-state index >= 15 is 0 Å². The molecule has 1 aliphatic rings. The number of rotatable bonds is 4. The van der Waals surface area contributed by atoms with E-state index in [0.717, 1.165) is 24.8 Å². The molecule has 1 aromatic heterocycles. The van der Waals surface area contributed by atoms with Crippen LogP contribution in [-0.4, -0.2) is 11.9 Å². The number of carbonyl (C=O) groups is 1. The van der Waals surface area contributed by atoms with Crippen molar-refractivity contribution in [2.24, 2.45) is 11.7 Å². The first kappa shape index (κ1) is 14.8. The highest BCUT2D eigenvalue weighted by Gasteiger charge is 2.25. The van der Waals surface area contributed by atoms with Crippen LogP contribution in [-0.2, 0) is 17.6 Å². The Morgan fingerprint density at radius 2 is 2.50 bits per heavy atom. The van der Waals surface area contributed by atoms with Crippen molar-refractivity contribution in [2.75, 3.05) is 5.32 Å². The largest absolute Gasteiger partial charge is 0.320 e. The zero-order valence-electron chi connectivity index (χ0n) is 11.6. The van der Waals surface area contributed by atoms with Gasteiger partial charge < -0.3 is 11.1 Å². The molecular formula is C15H19N3OS. The summed E-state index contributed by atoms with van der Waals surface area (Å²) in [4.78, 5) is 13.2. The van der Waals surface area contributed by atoms with Crippen molar-refractivity contribution in [1.29, 1.82) is 5.26 Å². The maximum absolute atomic E-state index is 12.0. The molecule has 2 atom stereocenters. The molecule has 1 amide bonds. The summed E-state index contributed by atoms with van der Waals surface area (Å²) in [5.41, 5.74) is 7.49. The van der Waals surface area contributed by atoms with Gasteiger partial charge in [0.25, 0.3) is 0 Å². The molecule has 1 aliphatic carbocycles. The van der Waals surface area contributed by atoms with E-state index in [4.69, 9.17) is 5.73 Å². The van der Waals surface area contributed by atoms with Gasteiger partial charge in [-0.3, -0.25) is 4.79 Å². The number of nitrogens with one attached hydrogen (secondary N) is 1. The van der Waals surface area contributed by atoms with Crippen LogP contribution in [0.5, 0.6) is 0 Å². The van der Waals surface area contributed by atoms with Gasteiger partial charge in [-0.1, -0.05) is 13.0 Å². The number of nitrogens with zero attached hydrogens (tertiary/aromatic N) is 1. The lowest BCUT2D eigenvalue weighted by molar-refractivity contribution is -0.117. The summed E-state index contributed by atoms with van der Waals surface area (Å²) in [5.74, 6) is 0.382. The van der Waals surface area contributed by atoms with Gasteiger partial charge in [-0.15, -0.1) is 17.9 Å². The average molecular weight is 289 g/mol. The molecule has 5 heteroatoms. The maximum atomic E-state index is 12.0. The third kappa shape index (κ3) is 2.92. The monoisotopic (exact) mass is 289 g/mol. The summed E-state index contributed by atoms with van der Waals surface area (Å²) in [6.45, 7) is 5.79. The van der Waals surface area contributed by atoms with E-state index in [1.165, 1.54) is 16.2 Å². The van der Waals surface area contributed by atoms with Crippen LogP contribution in [0.15, 0.2) is 12.7 Å². The van der Waals surface area contributed by atoms with E-state index < -0.39 is 6.04 Å². The van der Waals surface area contributed by atoms with Gasteiger partial charge in [0.1, 0.15) is 11.1 Å². The third-order valence-electron chi connectivity index (χ3n) is 3.62. The molecule has 0 aromatic carbocycles. The summed E-state index contributed by atoms with van der Waals surface area (Å²) in [7, 11) is 0. The van der Waals surface area contributed by atoms with Crippen LogP contribution >= 0.6 is 11.3 Å². The Bertz CT molecular complexity index is 570. The molecule has 3 N–H and O–H groups in total. The lowest BCUT2D eigenvalue weighted by atomic mass is 9.88. The number of thiophene rings is 1. The first-order chi connectivity index (χ1) is 9.56. The Morgan fingerprint density at radius 1 is 1.75 bits per heavy atom. The number of nitriles is 1. The SMILES string of the molecule is C=CCC(N)C(=O)Nc1sc2c(c1C#N)CCC(C)C2. The average Bonchev–Trinajstić information content (AvgIpc) is 2.74. The van der Waals surface area contributed by atoms with Crippen molar-refractivity contribution >= 4 is 22.2 Å². The molecule has 1 heterocycles. The molecule has 106 valence electrons. The zero-order chi connectivity index (χ0) is 14.7. The highest BCUT2D eigenvalue weighted by Crippen LogP contribution is 2.39. The molecule has 0 radical (unpaired) electrons. The van der Waals surface area contributed by atoms with Crippen molar-refractivity contribution in [1.82, 2.24) is 0 Å². The van der Waals surface area contributed by atoms with Gasteiger partial charge in [0.2, 0.25) is 5.91 Å². The van der Waals surface area contributed by atoms with E-state index in [-0.39, 0.29) is 5.91 Å². The van der Waals surface area contributed by atoms with Crippen molar-refractivity contribution in [3.8, 4) is 6.07 Å². The summed E-state index contributed by atoms with van der Waals surface area (Å²) >= 11 is 1.52. The fourth-order valence-electron chi connectivity index (χ4n) is 2.45. The zero-order valence-corrected chi connectivity index (χ0v) is 12.4. The van der Waals surface area contributed by atoms with Gasteiger partial charge >= 0.3 is 0 Å². The first-order valence-corrected chi connectivity index (χ1v) is 7.60. The van der Waals surface area contributed by atoms with Gasteiger partial charge in [0, 0.05) is 4.88 Å². The first-order valence-electron chi connectivity index (χ1n) is 6.78. The number of nitrogens with two attached hydrogens (primary N) is 1. The summed E-state index contributed by atoms with van der Waals surface area (Å²) in [5, 5.41) is 12.8. The molecule has 0 spiro atoms. The van der Waals surface area contributed by atoms with Crippen LogP contribution in [0.4, 0.5) is 5.00 Å². The normalized spacial score (nSPS) is 18.8. The minimum absolute atomic E-state index is 0.256. The van der Waals surface area contributed by atoms with E-state index in [0.29, 0.717) is 22.9 Å². The second-order valence-electron chi connectivity index (χ2n) is 5.29. The van der Waals surface area contributed by atoms with Gasteiger partial charge in [-0.2, -0.15) is 5.26 Å². The Balaban J connectivity index is 2.23. The quantitative estimate of drug-likeness (QED) is 0.836. The lowest BCUT2D eigenvalue weighted by Gasteiger charge is -2.17. The molecule has 0 aliphatic heterocycles. The van der Waals surface area contributed by atoms with Gasteiger partial charge in [-0.25, -0.2) is 0 Å². The standard InChI is InChI=1S/C15H19N3OS/c1-3-4-12(17)14(19)18-15-11(8-16)10-6-5-9(2)7-13(10)20-15/h3,9,12H,1,4-7,17H2,2H3,(H,18,19). The van der Waals surface area contributed by atoms with E-state index in [9.17, 15) is 10.1 Å². The maximum Gasteiger partial charge on any atom is 0.242 e. The summed E-state index contributed by atoms with van der Waals surface area (Å²) < 4.78 is 0. The Hall–Kier alpha value is -1.64. The predicted octanol–water partition coefficient (Wildman–Crippen LogP) is 2.59. The van der Waals surface area contributed by atoms with Crippen LogP contribution in [0.1, 0.15) is 35.8 Å². The van der Waals surface area contributed by atoms with Crippen LogP contribution < -0.4 is 11.1 Å². The van der Waals surface area contributed by atoms with Crippen molar-refractivity contribution < 1.29 is 4.79 Å². The Morgan fingerprint density at radius 3 is 3.15 bits per heavy atom. The molecule has 4 nitrogen and oxygen atoms in total. The minimum atomic E-state index is -0.614. The van der Waals surface area contributed by atoms with Crippen molar-refractivity contribution in [2.45, 2.75) is 38.6 Å². The predicted molar refractivity (Wildman–Crippen MR) is 81.6 cm³/mol. The van der Waals surface area contributed by atoms with Crippen LogP contribution in [0.25, 0.3) is 0 Å². The van der Waals surface area contributed by atoms with Crippen LogP contribution in [0, 0.1) is 17.2 Å². The number of hydrogen-bond acceptors (Lipinski definition) is 4. The molecular weight excluding hydrogens is 270 g/mol. The number of fused-ring (bicyclic) bond motifs is 1. The van der Waals surface area contributed by atoms with Gasteiger partial charge in [0.15, 0.2) is 0 Å². The fraction of sp³-hybridized carbons (Fsp3) is 0.467. The van der Waals surface area contributed by atoms with Crippen LogP contribution in [0.3, 0.4) is 0 Å². The third-order valence-corrected chi connectivity index (χ3v) is 4.79. The lowest BCUT2D eigenvalue weighted by Crippen LogP contribution is -2.35. The van der Waals surface area contributed by atoms with Crippen LogP contribution in [0.2, 0.25) is 0 Å². The van der Waals surface area contributed by atoms with Crippen molar-refractivity contribution in [3.63, 3.8) is 0 Å². The summed E-state index contributed by atoms with van der Waals surface area (Å²) in [6, 6.07) is 1.62. The molecule has 2 unspecified atom stereocenters. The molecule has 0 fully saturated rings. The molecule has 2 rings (SSSR count). The molecule has 0 saturated heterocycles. The molecule has 0 saturated carbocycles. The Kier molecular flexibility index (Phi) is 4.58. The summed E-state index contributed by atoms with van der Waals surface area (Å²) in [6.07, 6.45) is 5.06. The number of anilines is 1. The van der Waals surface area contributed by atoms with Crippen molar-refractivity contribution in [3.05, 3.63) is 28.7 Å².